The average molecular weight is 452 g/mol. The summed E-state index contributed by atoms with van der Waals surface area (Å²) >= 11 is 0. The van der Waals surface area contributed by atoms with Crippen LogP contribution in [0.5, 0.6) is 0 Å². The minimum atomic E-state index is -3.20. The Kier molecular flexibility index (Phi) is 7.68. The summed E-state index contributed by atoms with van der Waals surface area (Å²) in [4.78, 5) is 31.0. The van der Waals surface area contributed by atoms with Gasteiger partial charge in [-0.2, -0.15) is 4.31 Å². The van der Waals surface area contributed by atoms with Crippen LogP contribution in [0.2, 0.25) is 0 Å². The quantitative estimate of drug-likeness (QED) is 0.653. The van der Waals surface area contributed by atoms with Crippen LogP contribution < -0.4 is 5.32 Å². The molecule has 10 heteroatoms. The SMILES string of the molecule is Cc1cccc(NC(=O)CN2CCN(CC(=O)N3CCN(S(C)(=O)=O)CC3)CC2)c1C. The maximum atomic E-state index is 12.6. The standard InChI is InChI=1S/C21H33N5O4S/c1-17-5-4-6-19(18(17)2)22-20(27)15-23-7-9-24(10-8-23)16-21(28)25-11-13-26(14-12-25)31(3,29)30/h4-6H,7-16H2,1-3H3,(H,22,27). The number of aryl methyl sites for hydroxylation is 1. The van der Waals surface area contributed by atoms with Crippen LogP contribution in [0.3, 0.4) is 0 Å². The Bertz CT molecular complexity index is 904. The van der Waals surface area contributed by atoms with E-state index in [-0.39, 0.29) is 11.8 Å². The minimum Gasteiger partial charge on any atom is -0.339 e. The van der Waals surface area contributed by atoms with Crippen molar-refractivity contribution in [2.24, 2.45) is 0 Å². The number of carbonyl (C=O) groups excluding carboxylic acids is 2. The number of piperazine rings is 2. The maximum Gasteiger partial charge on any atom is 0.238 e. The van der Waals surface area contributed by atoms with E-state index in [0.717, 1.165) is 43.0 Å². The Balaban J connectivity index is 1.39. The lowest BCUT2D eigenvalue weighted by molar-refractivity contribution is -0.134. The van der Waals surface area contributed by atoms with Gasteiger partial charge in [0.2, 0.25) is 21.8 Å². The van der Waals surface area contributed by atoms with Crippen molar-refractivity contribution in [3.63, 3.8) is 0 Å². The Labute approximate surface area is 185 Å². The number of rotatable bonds is 6. The van der Waals surface area contributed by atoms with E-state index in [9.17, 15) is 18.0 Å². The monoisotopic (exact) mass is 451 g/mol. The van der Waals surface area contributed by atoms with Gasteiger partial charge in [0.1, 0.15) is 0 Å². The summed E-state index contributed by atoms with van der Waals surface area (Å²) in [5, 5.41) is 3.00. The van der Waals surface area contributed by atoms with E-state index in [1.165, 1.54) is 10.6 Å². The molecule has 0 atom stereocenters. The lowest BCUT2D eigenvalue weighted by Gasteiger charge is -2.37. The van der Waals surface area contributed by atoms with Crippen LogP contribution in [0.25, 0.3) is 0 Å². The Hall–Kier alpha value is -2.01. The summed E-state index contributed by atoms with van der Waals surface area (Å²) < 4.78 is 24.6. The van der Waals surface area contributed by atoms with E-state index in [0.29, 0.717) is 39.3 Å². The van der Waals surface area contributed by atoms with Crippen molar-refractivity contribution in [2.75, 3.05) is 77.0 Å². The highest BCUT2D eigenvalue weighted by Crippen LogP contribution is 2.18. The molecule has 9 nitrogen and oxygen atoms in total. The lowest BCUT2D eigenvalue weighted by atomic mass is 10.1. The molecule has 2 aliphatic heterocycles. The first-order chi connectivity index (χ1) is 14.6. The van der Waals surface area contributed by atoms with Crippen LogP contribution in [0.1, 0.15) is 11.1 Å². The minimum absolute atomic E-state index is 0.0260. The molecule has 2 heterocycles. The highest BCUT2D eigenvalue weighted by atomic mass is 32.2. The first kappa shape index (κ1) is 23.6. The van der Waals surface area contributed by atoms with Crippen molar-refractivity contribution >= 4 is 27.5 Å². The van der Waals surface area contributed by atoms with Crippen LogP contribution in [-0.4, -0.2) is 111 Å². The van der Waals surface area contributed by atoms with Gasteiger partial charge in [-0.15, -0.1) is 0 Å². The van der Waals surface area contributed by atoms with Crippen molar-refractivity contribution in [1.29, 1.82) is 0 Å². The molecule has 1 aromatic carbocycles. The van der Waals surface area contributed by atoms with Gasteiger partial charge in [-0.05, 0) is 31.0 Å². The number of amides is 2. The second kappa shape index (κ2) is 10.1. The molecule has 31 heavy (non-hydrogen) atoms. The van der Waals surface area contributed by atoms with Gasteiger partial charge < -0.3 is 10.2 Å². The predicted molar refractivity (Wildman–Crippen MR) is 120 cm³/mol. The van der Waals surface area contributed by atoms with Gasteiger partial charge in [-0.3, -0.25) is 19.4 Å². The summed E-state index contributed by atoms with van der Waals surface area (Å²) in [6, 6.07) is 5.88. The van der Waals surface area contributed by atoms with Gasteiger partial charge in [-0.25, -0.2) is 8.42 Å². The zero-order valence-electron chi connectivity index (χ0n) is 18.6. The zero-order chi connectivity index (χ0) is 22.6. The third-order valence-electron chi connectivity index (χ3n) is 6.13. The highest BCUT2D eigenvalue weighted by Gasteiger charge is 2.28. The summed E-state index contributed by atoms with van der Waals surface area (Å²) in [7, 11) is -3.20. The van der Waals surface area contributed by atoms with E-state index in [4.69, 9.17) is 0 Å². The predicted octanol–water partition coefficient (Wildman–Crippen LogP) is -0.0367. The van der Waals surface area contributed by atoms with Crippen LogP contribution in [0.15, 0.2) is 18.2 Å². The molecule has 0 aromatic heterocycles. The van der Waals surface area contributed by atoms with E-state index in [1.807, 2.05) is 32.0 Å². The van der Waals surface area contributed by atoms with Crippen LogP contribution in [-0.2, 0) is 19.6 Å². The number of sulfonamides is 1. The fourth-order valence-electron chi connectivity index (χ4n) is 3.95. The number of carbonyl (C=O) groups is 2. The van der Waals surface area contributed by atoms with Gasteiger partial charge in [0.15, 0.2) is 0 Å². The summed E-state index contributed by atoms with van der Waals surface area (Å²) in [5.41, 5.74) is 3.08. The largest absolute Gasteiger partial charge is 0.339 e. The van der Waals surface area contributed by atoms with E-state index in [2.05, 4.69) is 15.1 Å². The molecule has 0 spiro atoms. The molecule has 3 rings (SSSR count). The summed E-state index contributed by atoms with van der Waals surface area (Å²) in [6.07, 6.45) is 1.20. The molecule has 0 bridgehead atoms. The van der Waals surface area contributed by atoms with Crippen molar-refractivity contribution in [2.45, 2.75) is 13.8 Å². The molecule has 0 unspecified atom stereocenters. The molecule has 2 fully saturated rings. The van der Waals surface area contributed by atoms with Crippen molar-refractivity contribution in [1.82, 2.24) is 19.0 Å². The van der Waals surface area contributed by atoms with Gasteiger partial charge in [0, 0.05) is 58.0 Å². The molecule has 0 aliphatic carbocycles. The molecule has 1 N–H and O–H groups in total. The Morgan fingerprint density at radius 1 is 0.903 bits per heavy atom. The average Bonchev–Trinajstić information content (AvgIpc) is 2.72. The van der Waals surface area contributed by atoms with Crippen molar-refractivity contribution in [3.8, 4) is 0 Å². The zero-order valence-corrected chi connectivity index (χ0v) is 19.4. The number of nitrogens with zero attached hydrogens (tertiary/aromatic N) is 4. The lowest BCUT2D eigenvalue weighted by Crippen LogP contribution is -2.54. The number of anilines is 1. The number of hydrogen-bond donors (Lipinski definition) is 1. The Morgan fingerprint density at radius 3 is 2.06 bits per heavy atom. The second-order valence-electron chi connectivity index (χ2n) is 8.39. The van der Waals surface area contributed by atoms with Crippen molar-refractivity contribution < 1.29 is 18.0 Å². The molecule has 0 radical (unpaired) electrons. The molecule has 172 valence electrons. The van der Waals surface area contributed by atoms with E-state index >= 15 is 0 Å². The van der Waals surface area contributed by atoms with Gasteiger partial charge in [0.05, 0.1) is 19.3 Å². The summed E-state index contributed by atoms with van der Waals surface area (Å²) in [6.45, 7) is 9.20. The second-order valence-corrected chi connectivity index (χ2v) is 10.4. The first-order valence-corrected chi connectivity index (χ1v) is 12.5. The molecule has 2 saturated heterocycles. The molecule has 2 amide bonds. The Morgan fingerprint density at radius 2 is 1.48 bits per heavy atom. The first-order valence-electron chi connectivity index (χ1n) is 10.7. The maximum absolute atomic E-state index is 12.6. The number of nitrogens with one attached hydrogen (secondary N) is 1. The molecular formula is C21H33N5O4S. The van der Waals surface area contributed by atoms with Crippen molar-refractivity contribution in [3.05, 3.63) is 29.3 Å². The smallest absolute Gasteiger partial charge is 0.238 e. The van der Waals surface area contributed by atoms with Crippen LogP contribution in [0, 0.1) is 13.8 Å². The van der Waals surface area contributed by atoms with Crippen LogP contribution >= 0.6 is 0 Å². The summed E-state index contributed by atoms with van der Waals surface area (Å²) in [5.74, 6) is 0.0104. The van der Waals surface area contributed by atoms with Gasteiger partial charge in [0.25, 0.3) is 0 Å². The number of benzene rings is 1. The van der Waals surface area contributed by atoms with Crippen LogP contribution in [0.4, 0.5) is 5.69 Å². The molecule has 2 aliphatic rings. The highest BCUT2D eigenvalue weighted by molar-refractivity contribution is 7.88. The number of hydrogen-bond acceptors (Lipinski definition) is 6. The fraction of sp³-hybridized carbons (Fsp3) is 0.619. The third kappa shape index (κ3) is 6.49. The molecule has 0 saturated carbocycles. The molecular weight excluding hydrogens is 418 g/mol. The molecule has 1 aromatic rings. The fourth-order valence-corrected chi connectivity index (χ4v) is 4.77. The van der Waals surface area contributed by atoms with E-state index in [1.54, 1.807) is 4.90 Å². The van der Waals surface area contributed by atoms with Gasteiger partial charge >= 0.3 is 0 Å². The third-order valence-corrected chi connectivity index (χ3v) is 7.43. The van der Waals surface area contributed by atoms with E-state index < -0.39 is 10.0 Å². The van der Waals surface area contributed by atoms with Gasteiger partial charge in [-0.1, -0.05) is 12.1 Å². The topological polar surface area (TPSA) is 93.3 Å². The normalized spacial score (nSPS) is 19.4.